The Balaban J connectivity index is 2.21. The second-order valence-corrected chi connectivity index (χ2v) is 4.80. The van der Waals surface area contributed by atoms with Crippen molar-refractivity contribution in [2.75, 3.05) is 63.9 Å². The van der Waals surface area contributed by atoms with Gasteiger partial charge in [0.25, 0.3) is 0 Å². The topological polar surface area (TPSA) is 57.0 Å². The molecule has 5 nitrogen and oxygen atoms in total. The highest BCUT2D eigenvalue weighted by Crippen LogP contribution is 2.16. The Labute approximate surface area is 128 Å². The first-order valence-corrected chi connectivity index (χ1v) is 7.52. The van der Waals surface area contributed by atoms with Crippen LogP contribution in [0.4, 0.5) is 11.4 Å². The fourth-order valence-electron chi connectivity index (χ4n) is 1.96. The third kappa shape index (κ3) is 7.90. The number of benzene rings is 1. The molecule has 1 aromatic carbocycles. The third-order valence-electron chi connectivity index (χ3n) is 3.06. The van der Waals surface area contributed by atoms with Gasteiger partial charge in [0.15, 0.2) is 0 Å². The molecule has 5 heteroatoms. The van der Waals surface area contributed by atoms with Crippen LogP contribution in [0.25, 0.3) is 0 Å². The molecule has 0 aliphatic rings. The molecule has 0 fully saturated rings. The third-order valence-corrected chi connectivity index (χ3v) is 3.06. The summed E-state index contributed by atoms with van der Waals surface area (Å²) in [4.78, 5) is 2.31. The number of ether oxygens (including phenoxy) is 3. The van der Waals surface area contributed by atoms with Gasteiger partial charge in [0.05, 0.1) is 33.0 Å². The van der Waals surface area contributed by atoms with Gasteiger partial charge >= 0.3 is 0 Å². The highest BCUT2D eigenvalue weighted by molar-refractivity contribution is 5.53. The molecule has 1 aromatic rings. The fraction of sp³-hybridized carbons (Fsp3) is 0.625. The average Bonchev–Trinajstić information content (AvgIpc) is 2.50. The molecule has 0 unspecified atom stereocenters. The lowest BCUT2D eigenvalue weighted by molar-refractivity contribution is 0.0264. The summed E-state index contributed by atoms with van der Waals surface area (Å²) >= 11 is 0. The number of rotatable bonds is 12. The molecule has 0 saturated heterocycles. The molecule has 0 aliphatic carbocycles. The molecule has 0 saturated carbocycles. The van der Waals surface area contributed by atoms with Crippen molar-refractivity contribution in [3.05, 3.63) is 24.3 Å². The first-order valence-electron chi connectivity index (χ1n) is 7.52. The van der Waals surface area contributed by atoms with Crippen molar-refractivity contribution in [2.24, 2.45) is 0 Å². The van der Waals surface area contributed by atoms with Crippen LogP contribution in [0.2, 0.25) is 0 Å². The maximum Gasteiger partial charge on any atom is 0.0701 e. The van der Waals surface area contributed by atoms with Gasteiger partial charge in [-0.15, -0.1) is 0 Å². The van der Waals surface area contributed by atoms with Crippen LogP contribution >= 0.6 is 0 Å². The van der Waals surface area contributed by atoms with Crippen LogP contribution in [-0.2, 0) is 14.2 Å². The Morgan fingerprint density at radius 3 is 2.14 bits per heavy atom. The van der Waals surface area contributed by atoms with Crippen molar-refractivity contribution < 1.29 is 14.2 Å². The van der Waals surface area contributed by atoms with E-state index >= 15 is 0 Å². The summed E-state index contributed by atoms with van der Waals surface area (Å²) in [5, 5.41) is 0. The van der Waals surface area contributed by atoms with Gasteiger partial charge in [0.1, 0.15) is 0 Å². The molecule has 0 bridgehead atoms. The highest BCUT2D eigenvalue weighted by atomic mass is 16.5. The molecule has 0 amide bonds. The smallest absolute Gasteiger partial charge is 0.0701 e. The lowest BCUT2D eigenvalue weighted by Gasteiger charge is -2.24. The van der Waals surface area contributed by atoms with E-state index in [1.807, 2.05) is 12.1 Å². The summed E-state index contributed by atoms with van der Waals surface area (Å²) in [6.07, 6.45) is 1.10. The summed E-state index contributed by atoms with van der Waals surface area (Å²) in [6.45, 7) is 7.22. The summed E-state index contributed by atoms with van der Waals surface area (Å²) < 4.78 is 15.9. The van der Waals surface area contributed by atoms with Crippen LogP contribution in [-0.4, -0.2) is 53.2 Å². The molecule has 0 aliphatic heterocycles. The molecule has 120 valence electrons. The lowest BCUT2D eigenvalue weighted by atomic mass is 10.2. The molecule has 0 radical (unpaired) electrons. The molecular weight excluding hydrogens is 268 g/mol. The van der Waals surface area contributed by atoms with Crippen LogP contribution < -0.4 is 10.6 Å². The Morgan fingerprint density at radius 1 is 0.905 bits per heavy atom. The molecule has 0 spiro atoms. The largest absolute Gasteiger partial charge is 0.399 e. The minimum atomic E-state index is 0.610. The number of hydrogen-bond donors (Lipinski definition) is 1. The summed E-state index contributed by atoms with van der Waals surface area (Å²) in [5.41, 5.74) is 7.70. The minimum absolute atomic E-state index is 0.610. The first-order chi connectivity index (χ1) is 10.3. The van der Waals surface area contributed by atoms with Crippen LogP contribution in [0, 0.1) is 0 Å². The quantitative estimate of drug-likeness (QED) is 0.473. The number of anilines is 2. The molecule has 1 rings (SSSR count). The Morgan fingerprint density at radius 2 is 1.52 bits per heavy atom. The van der Waals surface area contributed by atoms with E-state index in [9.17, 15) is 0 Å². The normalized spacial score (nSPS) is 10.8. The van der Waals surface area contributed by atoms with Gasteiger partial charge in [-0.2, -0.15) is 0 Å². The SMILES string of the molecule is CCCN(CCOCCOCCOC)c1ccc(N)cc1. The van der Waals surface area contributed by atoms with Gasteiger partial charge in [-0.05, 0) is 30.7 Å². The van der Waals surface area contributed by atoms with E-state index < -0.39 is 0 Å². The van der Waals surface area contributed by atoms with Gasteiger partial charge in [-0.1, -0.05) is 6.92 Å². The number of hydrogen-bond acceptors (Lipinski definition) is 5. The zero-order valence-electron chi connectivity index (χ0n) is 13.2. The standard InChI is InChI=1S/C16H28N2O3/c1-3-8-18(16-6-4-15(17)5-7-16)9-10-20-13-14-21-12-11-19-2/h4-7H,3,8-14,17H2,1-2H3. The van der Waals surface area contributed by atoms with E-state index in [1.54, 1.807) is 7.11 Å². The Bertz CT molecular complexity index is 357. The zero-order chi connectivity index (χ0) is 15.3. The van der Waals surface area contributed by atoms with E-state index in [4.69, 9.17) is 19.9 Å². The minimum Gasteiger partial charge on any atom is -0.399 e. The summed E-state index contributed by atoms with van der Waals surface area (Å²) in [6, 6.07) is 7.97. The molecular formula is C16H28N2O3. The first kappa shape index (κ1) is 17.8. The van der Waals surface area contributed by atoms with Gasteiger partial charge < -0.3 is 24.8 Å². The molecule has 0 heterocycles. The van der Waals surface area contributed by atoms with Crippen molar-refractivity contribution in [3.63, 3.8) is 0 Å². The predicted octanol–water partition coefficient (Wildman–Crippen LogP) is 2.16. The predicted molar refractivity (Wildman–Crippen MR) is 86.9 cm³/mol. The molecule has 2 N–H and O–H groups in total. The van der Waals surface area contributed by atoms with Crippen LogP contribution in [0.5, 0.6) is 0 Å². The monoisotopic (exact) mass is 296 g/mol. The summed E-state index contributed by atoms with van der Waals surface area (Å²) in [5.74, 6) is 0. The highest BCUT2D eigenvalue weighted by Gasteiger charge is 2.05. The number of nitrogens with zero attached hydrogens (tertiary/aromatic N) is 1. The number of nitrogens with two attached hydrogens (primary N) is 1. The van der Waals surface area contributed by atoms with E-state index in [-0.39, 0.29) is 0 Å². The molecule has 0 aromatic heterocycles. The van der Waals surface area contributed by atoms with Crippen molar-refractivity contribution in [3.8, 4) is 0 Å². The second-order valence-electron chi connectivity index (χ2n) is 4.80. The number of nitrogen functional groups attached to an aromatic ring is 1. The number of methoxy groups -OCH3 is 1. The van der Waals surface area contributed by atoms with E-state index in [0.29, 0.717) is 33.0 Å². The van der Waals surface area contributed by atoms with Crippen molar-refractivity contribution in [1.82, 2.24) is 0 Å². The van der Waals surface area contributed by atoms with Crippen LogP contribution in [0.1, 0.15) is 13.3 Å². The van der Waals surface area contributed by atoms with Gasteiger partial charge in [-0.25, -0.2) is 0 Å². The van der Waals surface area contributed by atoms with Gasteiger partial charge in [0.2, 0.25) is 0 Å². The van der Waals surface area contributed by atoms with E-state index in [2.05, 4.69) is 24.0 Å². The maximum absolute atomic E-state index is 5.72. The maximum atomic E-state index is 5.72. The summed E-state index contributed by atoms with van der Waals surface area (Å²) in [7, 11) is 1.67. The van der Waals surface area contributed by atoms with Crippen molar-refractivity contribution >= 4 is 11.4 Å². The lowest BCUT2D eigenvalue weighted by Crippen LogP contribution is -2.28. The zero-order valence-corrected chi connectivity index (χ0v) is 13.2. The average molecular weight is 296 g/mol. The Hall–Kier alpha value is -1.30. The molecule has 21 heavy (non-hydrogen) atoms. The van der Waals surface area contributed by atoms with Gasteiger partial charge in [-0.3, -0.25) is 0 Å². The van der Waals surface area contributed by atoms with Crippen LogP contribution in [0.15, 0.2) is 24.3 Å². The molecule has 0 atom stereocenters. The second kappa shape index (κ2) is 11.4. The van der Waals surface area contributed by atoms with E-state index in [1.165, 1.54) is 5.69 Å². The van der Waals surface area contributed by atoms with Crippen molar-refractivity contribution in [1.29, 1.82) is 0 Å². The Kier molecular flexibility index (Phi) is 9.61. The van der Waals surface area contributed by atoms with E-state index in [0.717, 1.165) is 25.2 Å². The fourth-order valence-corrected chi connectivity index (χ4v) is 1.96. The van der Waals surface area contributed by atoms with Crippen molar-refractivity contribution in [2.45, 2.75) is 13.3 Å². The van der Waals surface area contributed by atoms with Crippen LogP contribution in [0.3, 0.4) is 0 Å². The van der Waals surface area contributed by atoms with Gasteiger partial charge in [0, 0.05) is 31.6 Å².